The summed E-state index contributed by atoms with van der Waals surface area (Å²) in [7, 11) is 0. The number of amides is 2. The first-order valence-corrected chi connectivity index (χ1v) is 9.26. The van der Waals surface area contributed by atoms with E-state index in [0.717, 1.165) is 11.3 Å². The molecular formula is C20H30N2O4. The lowest BCUT2D eigenvalue weighted by molar-refractivity contribution is -0.132. The van der Waals surface area contributed by atoms with Crippen LogP contribution in [-0.4, -0.2) is 60.2 Å². The van der Waals surface area contributed by atoms with Crippen LogP contribution in [0.15, 0.2) is 24.3 Å². The van der Waals surface area contributed by atoms with Crippen molar-refractivity contribution in [1.29, 1.82) is 0 Å². The molecule has 6 nitrogen and oxygen atoms in total. The summed E-state index contributed by atoms with van der Waals surface area (Å²) in [6, 6.07) is 7.83. The molecule has 6 heteroatoms. The Morgan fingerprint density at radius 1 is 1.04 bits per heavy atom. The Morgan fingerprint density at radius 3 is 2.27 bits per heavy atom. The van der Waals surface area contributed by atoms with Gasteiger partial charge in [-0.15, -0.1) is 0 Å². The smallest absolute Gasteiger partial charge is 0.410 e. The maximum atomic E-state index is 12.5. The topological polar surface area (TPSA) is 59.1 Å². The van der Waals surface area contributed by atoms with Crippen LogP contribution in [0.4, 0.5) is 4.79 Å². The number of aryl methyl sites for hydroxylation is 1. The van der Waals surface area contributed by atoms with Gasteiger partial charge in [0.2, 0.25) is 5.91 Å². The Labute approximate surface area is 156 Å². The SMILES string of the molecule is CCOc1ccccc1CCC(=O)N1CCN(C(=O)OC(C)(C)C)CC1. The largest absolute Gasteiger partial charge is 0.494 e. The number of ether oxygens (including phenoxy) is 2. The molecule has 0 saturated carbocycles. The summed E-state index contributed by atoms with van der Waals surface area (Å²) in [5, 5.41) is 0. The molecule has 0 aliphatic carbocycles. The third-order valence-electron chi connectivity index (χ3n) is 4.16. The summed E-state index contributed by atoms with van der Waals surface area (Å²) in [5.41, 5.74) is 0.549. The summed E-state index contributed by atoms with van der Waals surface area (Å²) in [5.74, 6) is 0.956. The van der Waals surface area contributed by atoms with E-state index in [0.29, 0.717) is 45.6 Å². The van der Waals surface area contributed by atoms with Crippen LogP contribution in [0.2, 0.25) is 0 Å². The second kappa shape index (κ2) is 8.92. The van der Waals surface area contributed by atoms with Crippen LogP contribution in [0.3, 0.4) is 0 Å². The number of carbonyl (C=O) groups is 2. The average molecular weight is 362 g/mol. The molecule has 2 rings (SSSR count). The molecule has 0 radical (unpaired) electrons. The van der Waals surface area contributed by atoms with Gasteiger partial charge >= 0.3 is 6.09 Å². The number of nitrogens with zero attached hydrogens (tertiary/aromatic N) is 2. The Balaban J connectivity index is 1.81. The number of hydrogen-bond donors (Lipinski definition) is 0. The summed E-state index contributed by atoms with van der Waals surface area (Å²) < 4.78 is 11.0. The number of hydrogen-bond acceptors (Lipinski definition) is 4. The highest BCUT2D eigenvalue weighted by Gasteiger charge is 2.27. The molecule has 1 aliphatic rings. The first-order chi connectivity index (χ1) is 12.3. The molecule has 1 aromatic carbocycles. The predicted molar refractivity (Wildman–Crippen MR) is 100 cm³/mol. The maximum absolute atomic E-state index is 12.5. The molecular weight excluding hydrogens is 332 g/mol. The highest BCUT2D eigenvalue weighted by Crippen LogP contribution is 2.20. The van der Waals surface area contributed by atoms with E-state index in [1.807, 2.05) is 56.9 Å². The fourth-order valence-electron chi connectivity index (χ4n) is 2.87. The molecule has 0 bridgehead atoms. The minimum absolute atomic E-state index is 0.111. The van der Waals surface area contributed by atoms with E-state index in [1.54, 1.807) is 4.90 Å². The minimum atomic E-state index is -0.502. The average Bonchev–Trinajstić information content (AvgIpc) is 2.59. The van der Waals surface area contributed by atoms with Gasteiger partial charge in [0.1, 0.15) is 11.4 Å². The van der Waals surface area contributed by atoms with Crippen LogP contribution >= 0.6 is 0 Å². The Bertz CT molecular complexity index is 616. The minimum Gasteiger partial charge on any atom is -0.494 e. The van der Waals surface area contributed by atoms with Crippen LogP contribution < -0.4 is 4.74 Å². The van der Waals surface area contributed by atoms with Gasteiger partial charge in [-0.25, -0.2) is 4.79 Å². The van der Waals surface area contributed by atoms with Crippen molar-refractivity contribution < 1.29 is 19.1 Å². The van der Waals surface area contributed by atoms with E-state index < -0.39 is 5.60 Å². The molecule has 1 fully saturated rings. The molecule has 1 heterocycles. The van der Waals surface area contributed by atoms with Crippen LogP contribution in [0.25, 0.3) is 0 Å². The monoisotopic (exact) mass is 362 g/mol. The molecule has 144 valence electrons. The van der Waals surface area contributed by atoms with Crippen molar-refractivity contribution in [3.8, 4) is 5.75 Å². The zero-order valence-corrected chi connectivity index (χ0v) is 16.3. The highest BCUT2D eigenvalue weighted by molar-refractivity contribution is 5.77. The van der Waals surface area contributed by atoms with E-state index in [1.165, 1.54) is 0 Å². The van der Waals surface area contributed by atoms with Gasteiger partial charge in [0.05, 0.1) is 6.61 Å². The van der Waals surface area contributed by atoms with Gasteiger partial charge in [0.15, 0.2) is 0 Å². The molecule has 0 atom stereocenters. The first-order valence-electron chi connectivity index (χ1n) is 9.26. The standard InChI is InChI=1S/C20H30N2O4/c1-5-25-17-9-7-6-8-16(17)10-11-18(23)21-12-14-22(15-13-21)19(24)26-20(2,3)4/h6-9H,5,10-15H2,1-4H3. The number of carbonyl (C=O) groups excluding carboxylic acids is 2. The Hall–Kier alpha value is -2.24. The van der Waals surface area contributed by atoms with E-state index in [-0.39, 0.29) is 12.0 Å². The van der Waals surface area contributed by atoms with E-state index in [9.17, 15) is 9.59 Å². The van der Waals surface area contributed by atoms with Crippen molar-refractivity contribution in [1.82, 2.24) is 9.80 Å². The Morgan fingerprint density at radius 2 is 1.65 bits per heavy atom. The predicted octanol–water partition coefficient (Wildman–Crippen LogP) is 3.10. The van der Waals surface area contributed by atoms with Gasteiger partial charge in [-0.05, 0) is 45.7 Å². The van der Waals surface area contributed by atoms with Gasteiger partial charge < -0.3 is 19.3 Å². The number of benzene rings is 1. The maximum Gasteiger partial charge on any atom is 0.410 e. The van der Waals surface area contributed by atoms with E-state index in [4.69, 9.17) is 9.47 Å². The molecule has 0 unspecified atom stereocenters. The summed E-state index contributed by atoms with van der Waals surface area (Å²) >= 11 is 0. The van der Waals surface area contributed by atoms with Gasteiger partial charge in [-0.1, -0.05) is 18.2 Å². The van der Waals surface area contributed by atoms with Gasteiger partial charge in [-0.3, -0.25) is 4.79 Å². The highest BCUT2D eigenvalue weighted by atomic mass is 16.6. The van der Waals surface area contributed by atoms with Crippen molar-refractivity contribution in [3.05, 3.63) is 29.8 Å². The van der Waals surface area contributed by atoms with Gasteiger partial charge in [0, 0.05) is 32.6 Å². The molecule has 2 amide bonds. The second-order valence-electron chi connectivity index (χ2n) is 7.39. The quantitative estimate of drug-likeness (QED) is 0.808. The second-order valence-corrected chi connectivity index (χ2v) is 7.39. The zero-order chi connectivity index (χ0) is 19.2. The van der Waals surface area contributed by atoms with Crippen molar-refractivity contribution in [2.24, 2.45) is 0 Å². The van der Waals surface area contributed by atoms with Gasteiger partial charge in [0.25, 0.3) is 0 Å². The van der Waals surface area contributed by atoms with Crippen molar-refractivity contribution >= 4 is 12.0 Å². The van der Waals surface area contributed by atoms with E-state index in [2.05, 4.69) is 0 Å². The summed E-state index contributed by atoms with van der Waals surface area (Å²) in [6.07, 6.45) is 0.785. The zero-order valence-electron chi connectivity index (χ0n) is 16.3. The van der Waals surface area contributed by atoms with Crippen LogP contribution in [0.5, 0.6) is 5.75 Å². The first kappa shape index (κ1) is 20.1. The molecule has 1 aliphatic heterocycles. The molecule has 1 saturated heterocycles. The normalized spacial score (nSPS) is 14.9. The third kappa shape index (κ3) is 5.93. The summed E-state index contributed by atoms with van der Waals surface area (Å²) in [4.78, 5) is 28.1. The van der Waals surface area contributed by atoms with Gasteiger partial charge in [-0.2, -0.15) is 0 Å². The lowest BCUT2D eigenvalue weighted by atomic mass is 10.1. The van der Waals surface area contributed by atoms with Crippen molar-refractivity contribution in [2.45, 2.75) is 46.1 Å². The van der Waals surface area contributed by atoms with E-state index >= 15 is 0 Å². The molecule has 0 spiro atoms. The lowest BCUT2D eigenvalue weighted by Gasteiger charge is -2.35. The third-order valence-corrected chi connectivity index (χ3v) is 4.16. The van der Waals surface area contributed by atoms with Crippen LogP contribution in [0.1, 0.15) is 39.7 Å². The molecule has 26 heavy (non-hydrogen) atoms. The molecule has 0 aromatic heterocycles. The number of piperazine rings is 1. The van der Waals surface area contributed by atoms with Crippen molar-refractivity contribution in [3.63, 3.8) is 0 Å². The van der Waals surface area contributed by atoms with Crippen molar-refractivity contribution in [2.75, 3.05) is 32.8 Å². The Kier molecular flexibility index (Phi) is 6.89. The van der Waals surface area contributed by atoms with Crippen LogP contribution in [0, 0.1) is 0 Å². The lowest BCUT2D eigenvalue weighted by Crippen LogP contribution is -2.51. The fourth-order valence-corrected chi connectivity index (χ4v) is 2.87. The van der Waals surface area contributed by atoms with Crippen LogP contribution in [-0.2, 0) is 16.0 Å². The number of rotatable bonds is 5. The molecule has 1 aromatic rings. The molecule has 0 N–H and O–H groups in total. The summed E-state index contributed by atoms with van der Waals surface area (Å²) in [6.45, 7) is 10.2. The number of para-hydroxylation sites is 1. The fraction of sp³-hybridized carbons (Fsp3) is 0.600.